The molecule has 0 saturated carbocycles. The van der Waals surface area contributed by atoms with E-state index in [1.54, 1.807) is 6.92 Å². The highest BCUT2D eigenvalue weighted by atomic mass is 35.5. The molecule has 0 saturated heterocycles. The number of ether oxygens (including phenoxy) is 2. The highest BCUT2D eigenvalue weighted by molar-refractivity contribution is 6.67. The predicted molar refractivity (Wildman–Crippen MR) is 67.1 cm³/mol. The summed E-state index contributed by atoms with van der Waals surface area (Å²) in [6.45, 7) is 3.22. The molecule has 1 unspecified atom stereocenters. The summed E-state index contributed by atoms with van der Waals surface area (Å²) in [6.07, 6.45) is 0. The lowest BCUT2D eigenvalue weighted by atomic mass is 10.1. The SMILES string of the molecule is CCOC(=O)C(C)(OCc1ccccc1)C(=O)Cl. The van der Waals surface area contributed by atoms with Crippen LogP contribution in [0.25, 0.3) is 0 Å². The van der Waals surface area contributed by atoms with E-state index in [2.05, 4.69) is 0 Å². The van der Waals surface area contributed by atoms with E-state index in [1.165, 1.54) is 6.92 Å². The maximum absolute atomic E-state index is 11.7. The minimum absolute atomic E-state index is 0.106. The highest BCUT2D eigenvalue weighted by Crippen LogP contribution is 2.19. The number of halogens is 1. The number of carbonyl (C=O) groups excluding carboxylic acids is 2. The number of carbonyl (C=O) groups is 2. The molecule has 0 amide bonds. The summed E-state index contributed by atoms with van der Waals surface area (Å²) in [6, 6.07) is 9.18. The fourth-order valence-electron chi connectivity index (χ4n) is 1.27. The molecule has 1 aromatic carbocycles. The topological polar surface area (TPSA) is 52.6 Å². The van der Waals surface area contributed by atoms with Gasteiger partial charge in [0.05, 0.1) is 13.2 Å². The van der Waals surface area contributed by atoms with Gasteiger partial charge in [-0.25, -0.2) is 4.79 Å². The number of benzene rings is 1. The molecule has 1 rings (SSSR count). The minimum Gasteiger partial charge on any atom is -0.463 e. The Morgan fingerprint density at radius 1 is 1.28 bits per heavy atom. The zero-order valence-electron chi connectivity index (χ0n) is 10.3. The summed E-state index contributed by atoms with van der Waals surface area (Å²) in [5.41, 5.74) is -0.932. The smallest absolute Gasteiger partial charge is 0.347 e. The third kappa shape index (κ3) is 3.55. The van der Waals surface area contributed by atoms with E-state index in [4.69, 9.17) is 21.1 Å². The van der Waals surface area contributed by atoms with E-state index < -0.39 is 16.8 Å². The molecule has 0 bridgehead atoms. The van der Waals surface area contributed by atoms with E-state index in [1.807, 2.05) is 30.3 Å². The number of esters is 1. The summed E-state index contributed by atoms with van der Waals surface area (Å²) in [5, 5.41) is -0.892. The van der Waals surface area contributed by atoms with Crippen LogP contribution in [0.5, 0.6) is 0 Å². The second kappa shape index (κ2) is 6.52. The average Bonchev–Trinajstić information content (AvgIpc) is 2.37. The lowest BCUT2D eigenvalue weighted by Gasteiger charge is -2.23. The van der Waals surface area contributed by atoms with Crippen LogP contribution in [0.3, 0.4) is 0 Å². The van der Waals surface area contributed by atoms with Gasteiger partial charge in [0.15, 0.2) is 0 Å². The Bertz CT molecular complexity index is 418. The van der Waals surface area contributed by atoms with Crippen molar-refractivity contribution < 1.29 is 19.1 Å². The van der Waals surface area contributed by atoms with E-state index in [0.29, 0.717) is 0 Å². The minimum atomic E-state index is -1.77. The Hall–Kier alpha value is -1.39. The van der Waals surface area contributed by atoms with Crippen molar-refractivity contribution in [1.82, 2.24) is 0 Å². The van der Waals surface area contributed by atoms with Crippen LogP contribution in [0.1, 0.15) is 19.4 Å². The molecule has 0 aromatic heterocycles. The first-order chi connectivity index (χ1) is 8.50. The fraction of sp³-hybridized carbons (Fsp3) is 0.385. The van der Waals surface area contributed by atoms with Crippen molar-refractivity contribution >= 4 is 22.8 Å². The molecule has 0 N–H and O–H groups in total. The first kappa shape index (κ1) is 14.7. The van der Waals surface area contributed by atoms with Crippen molar-refractivity contribution in [1.29, 1.82) is 0 Å². The molecule has 0 radical (unpaired) electrons. The van der Waals surface area contributed by atoms with Crippen molar-refractivity contribution in [3.8, 4) is 0 Å². The number of rotatable bonds is 6. The molecule has 0 aliphatic rings. The van der Waals surface area contributed by atoms with Crippen LogP contribution in [-0.4, -0.2) is 23.4 Å². The maximum atomic E-state index is 11.7. The van der Waals surface area contributed by atoms with Crippen molar-refractivity contribution in [2.24, 2.45) is 0 Å². The molecule has 98 valence electrons. The van der Waals surface area contributed by atoms with Gasteiger partial charge in [0.1, 0.15) is 0 Å². The Morgan fingerprint density at radius 3 is 2.39 bits per heavy atom. The zero-order chi connectivity index (χ0) is 13.6. The molecule has 1 atom stereocenters. The molecule has 5 heteroatoms. The van der Waals surface area contributed by atoms with Gasteiger partial charge in [-0.15, -0.1) is 0 Å². The van der Waals surface area contributed by atoms with Gasteiger partial charge in [0, 0.05) is 0 Å². The Kier molecular flexibility index (Phi) is 5.31. The highest BCUT2D eigenvalue weighted by Gasteiger charge is 2.43. The Labute approximate surface area is 111 Å². The molecule has 0 aliphatic carbocycles. The maximum Gasteiger partial charge on any atom is 0.347 e. The van der Waals surface area contributed by atoms with Crippen LogP contribution in [0, 0.1) is 0 Å². The van der Waals surface area contributed by atoms with Gasteiger partial charge in [-0.3, -0.25) is 4.79 Å². The third-order valence-corrected chi connectivity index (χ3v) is 2.77. The molecule has 18 heavy (non-hydrogen) atoms. The number of hydrogen-bond acceptors (Lipinski definition) is 4. The van der Waals surface area contributed by atoms with Gasteiger partial charge >= 0.3 is 5.97 Å². The molecule has 0 spiro atoms. The van der Waals surface area contributed by atoms with Gasteiger partial charge in [0.2, 0.25) is 5.60 Å². The molecule has 0 fully saturated rings. The van der Waals surface area contributed by atoms with E-state index in [0.717, 1.165) is 5.56 Å². The van der Waals surface area contributed by atoms with Crippen molar-refractivity contribution in [2.75, 3.05) is 6.61 Å². The molecule has 1 aromatic rings. The summed E-state index contributed by atoms with van der Waals surface area (Å²) in [7, 11) is 0. The van der Waals surface area contributed by atoms with Crippen molar-refractivity contribution in [2.45, 2.75) is 26.1 Å². The molecular weight excluding hydrogens is 256 g/mol. The first-order valence-electron chi connectivity index (χ1n) is 5.55. The molecule has 0 heterocycles. The normalized spacial score (nSPS) is 13.7. The Morgan fingerprint density at radius 2 is 1.89 bits per heavy atom. The molecule has 0 aliphatic heterocycles. The van der Waals surface area contributed by atoms with E-state index >= 15 is 0 Å². The standard InChI is InChI=1S/C13H15ClO4/c1-3-17-12(16)13(2,11(14)15)18-9-10-7-5-4-6-8-10/h4-8H,3,9H2,1-2H3. The fourth-order valence-corrected chi connectivity index (χ4v) is 1.40. The van der Waals surface area contributed by atoms with Crippen molar-refractivity contribution in [3.63, 3.8) is 0 Å². The monoisotopic (exact) mass is 270 g/mol. The zero-order valence-corrected chi connectivity index (χ0v) is 11.1. The van der Waals surface area contributed by atoms with Crippen LogP contribution in [0.4, 0.5) is 0 Å². The van der Waals surface area contributed by atoms with Gasteiger partial charge in [-0.05, 0) is 31.0 Å². The average molecular weight is 271 g/mol. The van der Waals surface area contributed by atoms with Crippen LogP contribution in [0.2, 0.25) is 0 Å². The molecular formula is C13H15ClO4. The summed E-state index contributed by atoms with van der Waals surface area (Å²) in [4.78, 5) is 23.0. The lowest BCUT2D eigenvalue weighted by molar-refractivity contribution is -0.173. The van der Waals surface area contributed by atoms with Crippen LogP contribution in [0.15, 0.2) is 30.3 Å². The van der Waals surface area contributed by atoms with Gasteiger partial charge in [-0.1, -0.05) is 30.3 Å². The third-order valence-electron chi connectivity index (χ3n) is 2.41. The second-order valence-corrected chi connectivity index (χ2v) is 4.14. The van der Waals surface area contributed by atoms with E-state index in [-0.39, 0.29) is 13.2 Å². The Balaban J connectivity index is 2.75. The lowest BCUT2D eigenvalue weighted by Crippen LogP contribution is -2.45. The van der Waals surface area contributed by atoms with Gasteiger partial charge < -0.3 is 9.47 Å². The van der Waals surface area contributed by atoms with Crippen LogP contribution < -0.4 is 0 Å². The first-order valence-corrected chi connectivity index (χ1v) is 5.93. The summed E-state index contributed by atoms with van der Waals surface area (Å²) in [5.74, 6) is -0.777. The molecule has 4 nitrogen and oxygen atoms in total. The van der Waals surface area contributed by atoms with Gasteiger partial charge in [-0.2, -0.15) is 0 Å². The number of hydrogen-bond donors (Lipinski definition) is 0. The van der Waals surface area contributed by atoms with Crippen LogP contribution in [-0.2, 0) is 25.7 Å². The summed E-state index contributed by atoms with van der Waals surface area (Å²) >= 11 is 5.42. The quantitative estimate of drug-likeness (QED) is 0.452. The summed E-state index contributed by atoms with van der Waals surface area (Å²) < 4.78 is 10.1. The van der Waals surface area contributed by atoms with Crippen molar-refractivity contribution in [3.05, 3.63) is 35.9 Å². The largest absolute Gasteiger partial charge is 0.463 e. The van der Waals surface area contributed by atoms with Crippen LogP contribution >= 0.6 is 11.6 Å². The second-order valence-electron chi connectivity index (χ2n) is 3.80. The van der Waals surface area contributed by atoms with E-state index in [9.17, 15) is 9.59 Å². The van der Waals surface area contributed by atoms with Gasteiger partial charge in [0.25, 0.3) is 5.24 Å². The predicted octanol–water partition coefficient (Wildman–Crippen LogP) is 2.29.